The lowest BCUT2D eigenvalue weighted by Gasteiger charge is -2.32. The second kappa shape index (κ2) is 6.91. The Hall–Kier alpha value is -1.07. The Morgan fingerprint density at radius 2 is 2.42 bits per heavy atom. The van der Waals surface area contributed by atoms with Crippen molar-refractivity contribution < 1.29 is 9.47 Å². The number of aromatic nitrogens is 2. The monoisotopic (exact) mass is 267 g/mol. The van der Waals surface area contributed by atoms with Gasteiger partial charge in [-0.05, 0) is 18.8 Å². The summed E-state index contributed by atoms with van der Waals surface area (Å²) in [5.41, 5.74) is 1.09. The molecule has 0 radical (unpaired) electrons. The Kier molecular flexibility index (Phi) is 5.22. The van der Waals surface area contributed by atoms with Crippen LogP contribution in [0.15, 0.2) is 12.4 Å². The van der Waals surface area contributed by atoms with Crippen LogP contribution in [0.25, 0.3) is 0 Å². The van der Waals surface area contributed by atoms with Gasteiger partial charge in [-0.15, -0.1) is 0 Å². The van der Waals surface area contributed by atoms with Gasteiger partial charge in [0.2, 0.25) is 0 Å². The Labute approximate surface area is 115 Å². The highest BCUT2D eigenvalue weighted by atomic mass is 16.5. The van der Waals surface area contributed by atoms with E-state index in [0.717, 1.165) is 31.7 Å². The maximum Gasteiger partial charge on any atom is 0.0728 e. The number of anilines is 1. The highest BCUT2D eigenvalue weighted by Gasteiger charge is 2.24. The van der Waals surface area contributed by atoms with Crippen LogP contribution in [0.2, 0.25) is 0 Å². The van der Waals surface area contributed by atoms with Crippen LogP contribution in [0.4, 0.5) is 5.69 Å². The fourth-order valence-corrected chi connectivity index (χ4v) is 2.40. The molecule has 1 fully saturated rings. The third kappa shape index (κ3) is 4.21. The maximum atomic E-state index is 5.79. The molecule has 5 heteroatoms. The number of nitrogens with zero attached hydrogens (tertiary/aromatic N) is 2. The minimum Gasteiger partial charge on any atom is -0.383 e. The van der Waals surface area contributed by atoms with Crippen LogP contribution in [-0.4, -0.2) is 42.2 Å². The molecule has 1 aromatic rings. The van der Waals surface area contributed by atoms with E-state index in [1.165, 1.54) is 0 Å². The molecule has 0 saturated carbocycles. The van der Waals surface area contributed by atoms with E-state index in [9.17, 15) is 0 Å². The van der Waals surface area contributed by atoms with E-state index in [4.69, 9.17) is 9.47 Å². The van der Waals surface area contributed by atoms with Crippen LogP contribution in [-0.2, 0) is 16.0 Å². The Bertz CT molecular complexity index is 379. The van der Waals surface area contributed by atoms with Crippen molar-refractivity contribution in [3.05, 3.63) is 12.4 Å². The minimum absolute atomic E-state index is 0.370. The van der Waals surface area contributed by atoms with Gasteiger partial charge in [-0.25, -0.2) is 0 Å². The second-order valence-corrected chi connectivity index (χ2v) is 5.50. The van der Waals surface area contributed by atoms with Crippen molar-refractivity contribution in [3.8, 4) is 0 Å². The van der Waals surface area contributed by atoms with Crippen molar-refractivity contribution in [2.75, 3.05) is 25.6 Å². The number of rotatable bonds is 6. The van der Waals surface area contributed by atoms with Gasteiger partial charge in [-0.1, -0.05) is 13.8 Å². The number of hydrogen-bond donors (Lipinski definition) is 1. The lowest BCUT2D eigenvalue weighted by molar-refractivity contribution is -0.0160. The summed E-state index contributed by atoms with van der Waals surface area (Å²) in [7, 11) is 1.71. The number of hydrogen-bond acceptors (Lipinski definition) is 4. The summed E-state index contributed by atoms with van der Waals surface area (Å²) in [6.45, 7) is 6.76. The average molecular weight is 267 g/mol. The highest BCUT2D eigenvalue weighted by molar-refractivity contribution is 5.39. The SMILES string of the molecule is COCCn1cc(NC2CCOC(C(C)C)C2)cn1. The Morgan fingerprint density at radius 1 is 1.58 bits per heavy atom. The van der Waals surface area contributed by atoms with Gasteiger partial charge in [-0.2, -0.15) is 5.10 Å². The summed E-state index contributed by atoms with van der Waals surface area (Å²) in [5, 5.41) is 7.87. The first-order valence-electron chi connectivity index (χ1n) is 7.08. The summed E-state index contributed by atoms with van der Waals surface area (Å²) >= 11 is 0. The van der Waals surface area contributed by atoms with Gasteiger partial charge >= 0.3 is 0 Å². The summed E-state index contributed by atoms with van der Waals surface area (Å²) < 4.78 is 12.7. The Morgan fingerprint density at radius 3 is 3.16 bits per heavy atom. The molecule has 19 heavy (non-hydrogen) atoms. The largest absolute Gasteiger partial charge is 0.383 e. The van der Waals surface area contributed by atoms with Gasteiger partial charge in [-0.3, -0.25) is 4.68 Å². The van der Waals surface area contributed by atoms with E-state index in [1.54, 1.807) is 7.11 Å². The van der Waals surface area contributed by atoms with Crippen molar-refractivity contribution in [1.29, 1.82) is 0 Å². The zero-order valence-corrected chi connectivity index (χ0v) is 12.1. The summed E-state index contributed by atoms with van der Waals surface area (Å²) in [6, 6.07) is 0.487. The molecular weight excluding hydrogens is 242 g/mol. The molecule has 1 aliphatic heterocycles. The third-order valence-corrected chi connectivity index (χ3v) is 3.59. The van der Waals surface area contributed by atoms with E-state index < -0.39 is 0 Å². The van der Waals surface area contributed by atoms with Crippen LogP contribution >= 0.6 is 0 Å². The zero-order valence-electron chi connectivity index (χ0n) is 12.1. The first-order chi connectivity index (χ1) is 9.19. The first kappa shape index (κ1) is 14.3. The molecule has 2 unspecified atom stereocenters. The van der Waals surface area contributed by atoms with Gasteiger partial charge in [0.25, 0.3) is 0 Å². The van der Waals surface area contributed by atoms with E-state index in [-0.39, 0.29) is 0 Å². The fraction of sp³-hybridized carbons (Fsp3) is 0.786. The predicted octanol–water partition coefficient (Wildman–Crippen LogP) is 2.14. The van der Waals surface area contributed by atoms with Crippen molar-refractivity contribution >= 4 is 5.69 Å². The first-order valence-corrected chi connectivity index (χ1v) is 7.08. The molecule has 0 bridgehead atoms. The maximum absolute atomic E-state index is 5.79. The van der Waals surface area contributed by atoms with Crippen LogP contribution in [0.1, 0.15) is 26.7 Å². The quantitative estimate of drug-likeness (QED) is 0.858. The van der Waals surface area contributed by atoms with Crippen LogP contribution < -0.4 is 5.32 Å². The molecular formula is C14H25N3O2. The van der Waals surface area contributed by atoms with Crippen molar-refractivity contribution in [3.63, 3.8) is 0 Å². The van der Waals surface area contributed by atoms with E-state index >= 15 is 0 Å². The number of ether oxygens (including phenoxy) is 2. The molecule has 1 saturated heterocycles. The van der Waals surface area contributed by atoms with Crippen molar-refractivity contribution in [2.45, 2.75) is 45.4 Å². The molecule has 108 valence electrons. The fourth-order valence-electron chi connectivity index (χ4n) is 2.40. The molecule has 0 spiro atoms. The van der Waals surface area contributed by atoms with Crippen LogP contribution in [0.3, 0.4) is 0 Å². The average Bonchev–Trinajstić information content (AvgIpc) is 2.84. The van der Waals surface area contributed by atoms with Crippen molar-refractivity contribution in [2.24, 2.45) is 5.92 Å². The van der Waals surface area contributed by atoms with Gasteiger partial charge < -0.3 is 14.8 Å². The van der Waals surface area contributed by atoms with E-state index in [2.05, 4.69) is 24.3 Å². The smallest absolute Gasteiger partial charge is 0.0728 e. The van der Waals surface area contributed by atoms with Crippen molar-refractivity contribution in [1.82, 2.24) is 9.78 Å². The molecule has 0 aromatic carbocycles. The van der Waals surface area contributed by atoms with Gasteiger partial charge in [0.05, 0.1) is 31.1 Å². The normalized spacial score (nSPS) is 23.8. The van der Waals surface area contributed by atoms with Crippen LogP contribution in [0.5, 0.6) is 0 Å². The molecule has 0 aliphatic carbocycles. The second-order valence-electron chi connectivity index (χ2n) is 5.50. The predicted molar refractivity (Wildman–Crippen MR) is 75.3 cm³/mol. The van der Waals surface area contributed by atoms with E-state index in [1.807, 2.05) is 17.1 Å². The molecule has 1 aromatic heterocycles. The molecule has 2 heterocycles. The lowest BCUT2D eigenvalue weighted by Crippen LogP contribution is -2.36. The number of methoxy groups -OCH3 is 1. The molecule has 2 rings (SSSR count). The summed E-state index contributed by atoms with van der Waals surface area (Å²) in [6.07, 6.45) is 6.43. The molecule has 1 aliphatic rings. The van der Waals surface area contributed by atoms with Gasteiger partial charge in [0, 0.05) is 26.0 Å². The topological polar surface area (TPSA) is 48.3 Å². The highest BCUT2D eigenvalue weighted by Crippen LogP contribution is 2.22. The summed E-state index contributed by atoms with van der Waals surface area (Å²) in [4.78, 5) is 0. The van der Waals surface area contributed by atoms with E-state index in [0.29, 0.717) is 24.7 Å². The standard InChI is InChI=1S/C14H25N3O2/c1-11(2)14-8-12(4-6-19-14)16-13-9-15-17(10-13)5-7-18-3/h9-12,14,16H,4-8H2,1-3H3. The lowest BCUT2D eigenvalue weighted by atomic mass is 9.95. The minimum atomic E-state index is 0.370. The molecule has 0 amide bonds. The third-order valence-electron chi connectivity index (χ3n) is 3.59. The van der Waals surface area contributed by atoms with Gasteiger partial charge in [0.15, 0.2) is 0 Å². The summed E-state index contributed by atoms with van der Waals surface area (Å²) in [5.74, 6) is 0.578. The Balaban J connectivity index is 1.84. The number of nitrogens with one attached hydrogen (secondary N) is 1. The van der Waals surface area contributed by atoms with Gasteiger partial charge in [0.1, 0.15) is 0 Å². The molecule has 1 N–H and O–H groups in total. The molecule has 5 nitrogen and oxygen atoms in total. The van der Waals surface area contributed by atoms with Crippen LogP contribution in [0, 0.1) is 5.92 Å². The molecule has 2 atom stereocenters. The zero-order chi connectivity index (χ0) is 13.7.